The van der Waals surface area contributed by atoms with Crippen molar-refractivity contribution in [2.75, 3.05) is 20.3 Å². The van der Waals surface area contributed by atoms with Crippen molar-refractivity contribution < 1.29 is 10.2 Å². The summed E-state index contributed by atoms with van der Waals surface area (Å²) in [7, 11) is 1.81. The van der Waals surface area contributed by atoms with Crippen LogP contribution in [0, 0.1) is 5.21 Å². The Balaban J connectivity index is 1.80. The maximum Gasteiger partial charge on any atom is 0.309 e. The molecule has 1 saturated carbocycles. The largest absolute Gasteiger partial charge is 0.623 e. The minimum atomic E-state index is -1.00. The number of quaternary nitrogens is 1. The molecule has 20 heavy (non-hydrogen) atoms. The average molecular weight is 300 g/mol. The van der Waals surface area contributed by atoms with Gasteiger partial charge in [0.1, 0.15) is 11.7 Å². The van der Waals surface area contributed by atoms with Gasteiger partial charge in [-0.05, 0) is 37.6 Å². The molecule has 0 radical (unpaired) electrons. The Labute approximate surface area is 121 Å². The van der Waals surface area contributed by atoms with Crippen molar-refractivity contribution in [3.05, 3.63) is 10.2 Å². The molecular weight excluding hydrogens is 280 g/mol. The van der Waals surface area contributed by atoms with Crippen LogP contribution in [0.3, 0.4) is 0 Å². The van der Waals surface area contributed by atoms with Crippen LogP contribution in [0.4, 0.5) is 5.13 Å². The quantitative estimate of drug-likeness (QED) is 0.613. The summed E-state index contributed by atoms with van der Waals surface area (Å²) in [5, 5.41) is 41.7. The highest BCUT2D eigenvalue weighted by Crippen LogP contribution is 2.39. The van der Waals surface area contributed by atoms with Gasteiger partial charge in [-0.3, -0.25) is 9.55 Å². The second kappa shape index (κ2) is 5.28. The van der Waals surface area contributed by atoms with Gasteiger partial charge in [-0.25, -0.2) is 0 Å². The third kappa shape index (κ3) is 2.47. The standard InChI is InChI=1S/C12H20N4O3S/c1-15-6-10(18)16(19,7-15)12-14-13-11(20-12)8-3-2-4-9(17)5-8/h8-10,17-18H,2-7H2,1H3. The third-order valence-electron chi connectivity index (χ3n) is 4.16. The Morgan fingerprint density at radius 1 is 1.35 bits per heavy atom. The van der Waals surface area contributed by atoms with Crippen LogP contribution in [0.2, 0.25) is 0 Å². The van der Waals surface area contributed by atoms with Gasteiger partial charge in [0.15, 0.2) is 0 Å². The molecule has 4 unspecified atom stereocenters. The van der Waals surface area contributed by atoms with E-state index in [0.717, 1.165) is 24.3 Å². The summed E-state index contributed by atoms with van der Waals surface area (Å²) in [6.45, 7) is 0.545. The first-order valence-corrected chi connectivity index (χ1v) is 7.78. The lowest BCUT2D eigenvalue weighted by Gasteiger charge is -2.36. The topological polar surface area (TPSA) is 92.5 Å². The summed E-state index contributed by atoms with van der Waals surface area (Å²) in [5.74, 6) is 0.189. The Morgan fingerprint density at radius 3 is 2.80 bits per heavy atom. The SMILES string of the molecule is CN1CC(O)[N+]([O-])(c2nnc(C3CCCC(O)C3)s2)C1. The van der Waals surface area contributed by atoms with E-state index in [0.29, 0.717) is 18.1 Å². The highest BCUT2D eigenvalue weighted by Gasteiger charge is 2.42. The van der Waals surface area contributed by atoms with Crippen LogP contribution in [0.5, 0.6) is 0 Å². The molecule has 0 bridgehead atoms. The van der Waals surface area contributed by atoms with Crippen molar-refractivity contribution in [3.8, 4) is 0 Å². The monoisotopic (exact) mass is 300 g/mol. The zero-order valence-corrected chi connectivity index (χ0v) is 12.3. The molecule has 7 nitrogen and oxygen atoms in total. The lowest BCUT2D eigenvalue weighted by atomic mass is 9.88. The summed E-state index contributed by atoms with van der Waals surface area (Å²) in [6, 6.07) is 0. The molecule has 1 aliphatic heterocycles. The summed E-state index contributed by atoms with van der Waals surface area (Å²) in [5.41, 5.74) is 0. The summed E-state index contributed by atoms with van der Waals surface area (Å²) < 4.78 is -0.830. The van der Waals surface area contributed by atoms with Crippen LogP contribution in [-0.2, 0) is 0 Å². The normalized spacial score (nSPS) is 39.3. The maximum absolute atomic E-state index is 12.7. The van der Waals surface area contributed by atoms with E-state index in [9.17, 15) is 15.4 Å². The number of aromatic nitrogens is 2. The van der Waals surface area contributed by atoms with Gasteiger partial charge in [-0.1, -0.05) is 11.5 Å². The van der Waals surface area contributed by atoms with Crippen molar-refractivity contribution in [3.63, 3.8) is 0 Å². The molecule has 2 fully saturated rings. The number of rotatable bonds is 2. The van der Waals surface area contributed by atoms with Gasteiger partial charge in [0.05, 0.1) is 12.6 Å². The number of likely N-dealkylation sites (N-methyl/N-ethyl adjacent to an activating group) is 1. The highest BCUT2D eigenvalue weighted by atomic mass is 32.1. The molecule has 4 atom stereocenters. The Bertz CT molecular complexity index is 485. The number of aliphatic hydroxyl groups excluding tert-OH is 2. The van der Waals surface area contributed by atoms with E-state index < -0.39 is 10.9 Å². The first kappa shape index (κ1) is 14.3. The first-order valence-electron chi connectivity index (χ1n) is 6.96. The van der Waals surface area contributed by atoms with E-state index in [1.54, 1.807) is 11.9 Å². The summed E-state index contributed by atoms with van der Waals surface area (Å²) in [4.78, 5) is 1.79. The van der Waals surface area contributed by atoms with Crippen molar-refractivity contribution in [2.45, 2.75) is 43.9 Å². The summed E-state index contributed by atoms with van der Waals surface area (Å²) in [6.07, 6.45) is 2.21. The minimum Gasteiger partial charge on any atom is -0.623 e. The summed E-state index contributed by atoms with van der Waals surface area (Å²) >= 11 is 1.28. The molecule has 3 rings (SSSR count). The molecule has 2 N–H and O–H groups in total. The lowest BCUT2D eigenvalue weighted by Crippen LogP contribution is -2.48. The van der Waals surface area contributed by atoms with Gasteiger partial charge in [-0.2, -0.15) is 0 Å². The van der Waals surface area contributed by atoms with Crippen LogP contribution < -0.4 is 4.65 Å². The fourth-order valence-electron chi connectivity index (χ4n) is 3.04. The minimum absolute atomic E-state index is 0.189. The predicted molar refractivity (Wildman–Crippen MR) is 75.8 cm³/mol. The molecule has 1 saturated heterocycles. The van der Waals surface area contributed by atoms with Crippen LogP contribution in [0.25, 0.3) is 0 Å². The van der Waals surface area contributed by atoms with Gasteiger partial charge in [0, 0.05) is 5.92 Å². The molecule has 1 aromatic heterocycles. The van der Waals surface area contributed by atoms with E-state index in [1.165, 1.54) is 11.3 Å². The maximum atomic E-state index is 12.7. The molecule has 0 spiro atoms. The van der Waals surface area contributed by atoms with E-state index in [-0.39, 0.29) is 18.7 Å². The second-order valence-corrected chi connectivity index (χ2v) is 6.88. The van der Waals surface area contributed by atoms with Crippen LogP contribution in [-0.4, -0.2) is 57.9 Å². The van der Waals surface area contributed by atoms with Gasteiger partial charge in [-0.15, -0.1) is 5.10 Å². The van der Waals surface area contributed by atoms with Crippen molar-refractivity contribution in [1.29, 1.82) is 0 Å². The fraction of sp³-hybridized carbons (Fsp3) is 0.833. The first-order chi connectivity index (χ1) is 9.49. The Kier molecular flexibility index (Phi) is 3.78. The van der Waals surface area contributed by atoms with Crippen LogP contribution >= 0.6 is 11.3 Å². The highest BCUT2D eigenvalue weighted by molar-refractivity contribution is 7.15. The second-order valence-electron chi connectivity index (χ2n) is 5.90. The van der Waals surface area contributed by atoms with E-state index in [4.69, 9.17) is 0 Å². The van der Waals surface area contributed by atoms with Gasteiger partial charge in [0.2, 0.25) is 6.23 Å². The number of β-amino-alcohol motifs (C(OH)–C–C–N with tert-alkyl or cyclic N) is 1. The van der Waals surface area contributed by atoms with E-state index >= 15 is 0 Å². The molecule has 2 aliphatic rings. The predicted octanol–water partition coefficient (Wildman–Crippen LogP) is 0.583. The Hall–Kier alpha value is -0.640. The molecule has 1 aliphatic carbocycles. The van der Waals surface area contributed by atoms with Crippen molar-refractivity contribution in [1.82, 2.24) is 19.7 Å². The number of aliphatic hydroxyl groups is 2. The molecule has 0 aromatic carbocycles. The molecule has 1 aromatic rings. The van der Waals surface area contributed by atoms with Gasteiger partial charge < -0.3 is 15.4 Å². The Morgan fingerprint density at radius 2 is 2.15 bits per heavy atom. The zero-order valence-electron chi connectivity index (χ0n) is 11.5. The zero-order chi connectivity index (χ0) is 14.3. The van der Waals surface area contributed by atoms with Crippen LogP contribution in [0.1, 0.15) is 36.6 Å². The third-order valence-corrected chi connectivity index (χ3v) is 5.35. The number of hydroxylamine groups is 2. The molecule has 2 heterocycles. The van der Waals surface area contributed by atoms with E-state index in [2.05, 4.69) is 10.2 Å². The molecular formula is C12H20N4O3S. The van der Waals surface area contributed by atoms with Crippen molar-refractivity contribution >= 4 is 16.5 Å². The fourth-order valence-corrected chi connectivity index (χ4v) is 4.11. The van der Waals surface area contributed by atoms with Gasteiger partial charge in [0.25, 0.3) is 0 Å². The number of hydrogen-bond donors (Lipinski definition) is 2. The average Bonchev–Trinajstić information content (AvgIpc) is 2.96. The van der Waals surface area contributed by atoms with Crippen molar-refractivity contribution in [2.24, 2.45) is 0 Å². The molecule has 0 amide bonds. The lowest BCUT2D eigenvalue weighted by molar-refractivity contribution is 0.0844. The van der Waals surface area contributed by atoms with Gasteiger partial charge >= 0.3 is 5.13 Å². The number of hydrogen-bond acceptors (Lipinski definition) is 7. The smallest absolute Gasteiger partial charge is 0.309 e. The van der Waals surface area contributed by atoms with Crippen LogP contribution in [0.15, 0.2) is 0 Å². The molecule has 112 valence electrons. The molecule has 8 heteroatoms. The van der Waals surface area contributed by atoms with E-state index in [1.807, 2.05) is 0 Å². The number of nitrogens with zero attached hydrogens (tertiary/aromatic N) is 4.